The summed E-state index contributed by atoms with van der Waals surface area (Å²) < 4.78 is 5.51. The van der Waals surface area contributed by atoms with Crippen LogP contribution < -0.4 is 10.6 Å². The fourth-order valence-electron chi connectivity index (χ4n) is 4.60. The van der Waals surface area contributed by atoms with Gasteiger partial charge in [0.15, 0.2) is 0 Å². The maximum atomic E-state index is 14.6. The summed E-state index contributed by atoms with van der Waals surface area (Å²) in [6.07, 6.45) is 2.76. The van der Waals surface area contributed by atoms with Crippen LogP contribution >= 0.6 is 0 Å². The number of alkyl carbamates (subject to hydrolysis) is 1. The van der Waals surface area contributed by atoms with Crippen LogP contribution in [0, 0.1) is 6.92 Å². The normalized spacial score (nSPS) is 13.2. The van der Waals surface area contributed by atoms with Crippen molar-refractivity contribution in [2.45, 2.75) is 111 Å². The van der Waals surface area contributed by atoms with E-state index in [4.69, 9.17) is 4.74 Å². The number of unbranched alkanes of at least 4 members (excludes halogenated alkanes) is 2. The predicted octanol–water partition coefficient (Wildman–Crippen LogP) is 6.20. The van der Waals surface area contributed by atoms with Crippen molar-refractivity contribution >= 4 is 17.9 Å². The number of phenols is 1. The van der Waals surface area contributed by atoms with Crippen molar-refractivity contribution in [1.82, 2.24) is 15.5 Å². The number of hydrogen-bond acceptors (Lipinski definition) is 5. The van der Waals surface area contributed by atoms with Gasteiger partial charge in [-0.25, -0.2) is 4.79 Å². The summed E-state index contributed by atoms with van der Waals surface area (Å²) in [5.41, 5.74) is 0.198. The van der Waals surface area contributed by atoms with Crippen molar-refractivity contribution in [3.05, 3.63) is 65.2 Å². The smallest absolute Gasteiger partial charge is 0.408 e. The first-order valence-electron chi connectivity index (χ1n) is 14.6. The van der Waals surface area contributed by atoms with Crippen LogP contribution in [0.4, 0.5) is 4.79 Å². The van der Waals surface area contributed by atoms with Crippen molar-refractivity contribution < 1.29 is 24.2 Å². The van der Waals surface area contributed by atoms with Gasteiger partial charge in [-0.15, -0.1) is 0 Å². The molecule has 0 aliphatic carbocycles. The van der Waals surface area contributed by atoms with Gasteiger partial charge in [0.2, 0.25) is 11.8 Å². The Balaban J connectivity index is 2.65. The Bertz CT molecular complexity index is 1160. The highest BCUT2D eigenvalue weighted by Gasteiger charge is 2.44. The lowest BCUT2D eigenvalue weighted by Crippen LogP contribution is -2.60. The Morgan fingerprint density at radius 3 is 2.20 bits per heavy atom. The monoisotopic (exact) mass is 567 g/mol. The van der Waals surface area contributed by atoms with Gasteiger partial charge < -0.3 is 25.4 Å². The topological polar surface area (TPSA) is 108 Å². The van der Waals surface area contributed by atoms with Crippen LogP contribution in [0.25, 0.3) is 0 Å². The van der Waals surface area contributed by atoms with Crippen LogP contribution in [0.5, 0.6) is 5.75 Å². The molecule has 41 heavy (non-hydrogen) atoms. The van der Waals surface area contributed by atoms with Crippen molar-refractivity contribution in [2.24, 2.45) is 0 Å². The Morgan fingerprint density at radius 1 is 0.951 bits per heavy atom. The van der Waals surface area contributed by atoms with E-state index in [1.807, 2.05) is 51.1 Å². The number of carbonyl (C=O) groups is 3. The number of nitrogens with zero attached hydrogens (tertiary/aromatic N) is 1. The molecule has 226 valence electrons. The molecular formula is C33H49N3O5. The van der Waals surface area contributed by atoms with Crippen molar-refractivity contribution in [1.29, 1.82) is 0 Å². The molecule has 0 aliphatic rings. The molecular weight excluding hydrogens is 518 g/mol. The summed E-state index contributed by atoms with van der Waals surface area (Å²) in [5.74, 6) is -0.862. The largest absolute Gasteiger partial charge is 0.507 e. The average Bonchev–Trinajstić information content (AvgIpc) is 2.90. The number of aromatic hydroxyl groups is 1. The fraction of sp³-hybridized carbons (Fsp3) is 0.545. The molecule has 0 aliphatic heterocycles. The van der Waals surface area contributed by atoms with Crippen LogP contribution in [-0.4, -0.2) is 51.6 Å². The molecule has 0 heterocycles. The van der Waals surface area contributed by atoms with Crippen LogP contribution in [0.15, 0.2) is 48.5 Å². The second kappa shape index (κ2) is 14.9. The molecule has 2 rings (SSSR count). The van der Waals surface area contributed by atoms with E-state index in [0.717, 1.165) is 24.8 Å². The molecule has 0 saturated carbocycles. The minimum absolute atomic E-state index is 0.0365. The third kappa shape index (κ3) is 9.80. The van der Waals surface area contributed by atoms with Crippen LogP contribution in [-0.2, 0) is 20.7 Å². The predicted molar refractivity (Wildman–Crippen MR) is 163 cm³/mol. The molecule has 8 nitrogen and oxygen atoms in total. The number of rotatable bonds is 13. The number of aryl methyl sites for hydroxylation is 1. The Hall–Kier alpha value is -3.55. The molecule has 0 aromatic heterocycles. The zero-order chi connectivity index (χ0) is 30.8. The standard InChI is InChI=1S/C33H49N3O5/c1-9-11-15-21-34-29(38)27(25-20-16-17-23(3)28(25)37)36(33(7,8)10-2)30(39)26(22-24-18-13-12-14-19-24)35-31(40)41-32(4,5)6/h12-14,16-20,26-27,37H,9-11,15,21-22H2,1-8H3,(H,34,38)(H,35,40). The van der Waals surface area contributed by atoms with Gasteiger partial charge in [-0.2, -0.15) is 0 Å². The summed E-state index contributed by atoms with van der Waals surface area (Å²) >= 11 is 0. The summed E-state index contributed by atoms with van der Waals surface area (Å²) in [6, 6.07) is 12.4. The third-order valence-electron chi connectivity index (χ3n) is 7.18. The number of hydrogen-bond donors (Lipinski definition) is 3. The highest BCUT2D eigenvalue weighted by atomic mass is 16.6. The summed E-state index contributed by atoms with van der Waals surface area (Å²) in [6.45, 7) is 15.3. The van der Waals surface area contributed by atoms with Gasteiger partial charge in [0.05, 0.1) is 0 Å². The van der Waals surface area contributed by atoms with E-state index in [2.05, 4.69) is 17.6 Å². The number of para-hydroxylation sites is 1. The van der Waals surface area contributed by atoms with E-state index in [1.165, 1.54) is 4.90 Å². The Labute approximate surface area is 245 Å². The SMILES string of the molecule is CCCCCNC(=O)C(c1cccc(C)c1O)N(C(=O)C(Cc1ccccc1)NC(=O)OC(C)(C)C)C(C)(C)CC. The second-order valence-corrected chi connectivity index (χ2v) is 12.2. The minimum Gasteiger partial charge on any atom is -0.507 e. The first kappa shape index (κ1) is 33.7. The van der Waals surface area contributed by atoms with E-state index < -0.39 is 35.2 Å². The molecule has 2 aromatic rings. The van der Waals surface area contributed by atoms with Crippen molar-refractivity contribution in [3.63, 3.8) is 0 Å². The molecule has 0 fully saturated rings. The maximum absolute atomic E-state index is 14.6. The van der Waals surface area contributed by atoms with Gasteiger partial charge in [0.1, 0.15) is 23.4 Å². The highest BCUT2D eigenvalue weighted by molar-refractivity contribution is 5.93. The Kier molecular flexibility index (Phi) is 12.2. The van der Waals surface area contributed by atoms with Gasteiger partial charge in [0.25, 0.3) is 0 Å². The molecule has 0 bridgehead atoms. The van der Waals surface area contributed by atoms with Gasteiger partial charge in [0, 0.05) is 24.1 Å². The first-order chi connectivity index (χ1) is 19.2. The average molecular weight is 568 g/mol. The van der Waals surface area contributed by atoms with Gasteiger partial charge >= 0.3 is 6.09 Å². The van der Waals surface area contributed by atoms with Crippen LogP contribution in [0.3, 0.4) is 0 Å². The maximum Gasteiger partial charge on any atom is 0.408 e. The molecule has 2 aromatic carbocycles. The number of ether oxygens (including phenoxy) is 1. The van der Waals surface area contributed by atoms with Gasteiger partial charge in [-0.05, 0) is 65.5 Å². The summed E-state index contributed by atoms with van der Waals surface area (Å²) in [4.78, 5) is 43.1. The number of carbonyl (C=O) groups excluding carboxylic acids is 3. The lowest BCUT2D eigenvalue weighted by Gasteiger charge is -2.44. The molecule has 3 amide bonds. The first-order valence-corrected chi connectivity index (χ1v) is 14.6. The van der Waals surface area contributed by atoms with Crippen molar-refractivity contribution in [2.75, 3.05) is 6.54 Å². The molecule has 0 radical (unpaired) electrons. The number of benzene rings is 2. The van der Waals surface area contributed by atoms with E-state index in [0.29, 0.717) is 24.1 Å². The molecule has 0 saturated heterocycles. The fourth-order valence-corrected chi connectivity index (χ4v) is 4.60. The summed E-state index contributed by atoms with van der Waals surface area (Å²) in [5, 5.41) is 16.9. The third-order valence-corrected chi connectivity index (χ3v) is 7.18. The zero-order valence-corrected chi connectivity index (χ0v) is 26.0. The van der Waals surface area contributed by atoms with Gasteiger partial charge in [-0.3, -0.25) is 9.59 Å². The molecule has 0 spiro atoms. The van der Waals surface area contributed by atoms with E-state index in [9.17, 15) is 19.5 Å². The number of phenolic OH excluding ortho intramolecular Hbond substituents is 1. The van der Waals surface area contributed by atoms with Crippen LogP contribution in [0.2, 0.25) is 0 Å². The van der Waals surface area contributed by atoms with Gasteiger partial charge in [-0.1, -0.05) is 75.2 Å². The molecule has 2 atom stereocenters. The lowest BCUT2D eigenvalue weighted by atomic mass is 9.90. The van der Waals surface area contributed by atoms with E-state index >= 15 is 0 Å². The second-order valence-electron chi connectivity index (χ2n) is 12.2. The van der Waals surface area contributed by atoms with Crippen molar-refractivity contribution in [3.8, 4) is 5.75 Å². The minimum atomic E-state index is -1.13. The quantitative estimate of drug-likeness (QED) is 0.250. The highest BCUT2D eigenvalue weighted by Crippen LogP contribution is 2.37. The molecule has 8 heteroatoms. The van der Waals surface area contributed by atoms with E-state index in [-0.39, 0.29) is 18.1 Å². The molecule has 3 N–H and O–H groups in total. The van der Waals surface area contributed by atoms with Crippen LogP contribution in [0.1, 0.15) is 96.9 Å². The van der Waals surface area contributed by atoms with E-state index in [1.54, 1.807) is 45.9 Å². The number of nitrogens with one attached hydrogen (secondary N) is 2. The Morgan fingerprint density at radius 2 is 1.61 bits per heavy atom. The zero-order valence-electron chi connectivity index (χ0n) is 26.0. The lowest BCUT2D eigenvalue weighted by molar-refractivity contribution is -0.149. The number of amides is 3. The summed E-state index contributed by atoms with van der Waals surface area (Å²) in [7, 11) is 0. The molecule has 2 unspecified atom stereocenters.